The topological polar surface area (TPSA) is 97.3 Å². The van der Waals surface area contributed by atoms with E-state index in [0.717, 1.165) is 21.0 Å². The van der Waals surface area contributed by atoms with E-state index in [1.54, 1.807) is 36.4 Å². The molecule has 0 aliphatic heterocycles. The molecule has 0 heterocycles. The highest BCUT2D eigenvalue weighted by Crippen LogP contribution is 2.25. The molecule has 0 radical (unpaired) electrons. The molecule has 0 unspecified atom stereocenters. The van der Waals surface area contributed by atoms with Gasteiger partial charge in [-0.1, -0.05) is 48.0 Å². The standard InChI is InChI=1S/C31H31N3O5S/c1-3-38-28-17-19-30(20-18-28)40(36,37)34(27-13-9-24(2)10-14-27)22-31(35)33-32-21-25-11-15-29(16-12-25)39-23-26-7-5-4-6-8-26/h4-21H,3,22-23H2,1-2H3,(H,33,35)/b32-21-. The van der Waals surface area contributed by atoms with Crippen molar-refractivity contribution in [1.82, 2.24) is 5.43 Å². The zero-order valence-electron chi connectivity index (χ0n) is 22.4. The van der Waals surface area contributed by atoms with Gasteiger partial charge in [-0.25, -0.2) is 13.8 Å². The third-order valence-electron chi connectivity index (χ3n) is 5.86. The fourth-order valence-electron chi connectivity index (χ4n) is 3.76. The summed E-state index contributed by atoms with van der Waals surface area (Å²) in [5, 5.41) is 4.01. The number of amides is 1. The van der Waals surface area contributed by atoms with Crippen LogP contribution < -0.4 is 19.2 Å². The van der Waals surface area contributed by atoms with Gasteiger partial charge in [-0.3, -0.25) is 9.10 Å². The molecule has 0 fully saturated rings. The molecule has 206 valence electrons. The first-order valence-corrected chi connectivity index (χ1v) is 14.2. The van der Waals surface area contributed by atoms with Gasteiger partial charge in [0.2, 0.25) is 0 Å². The van der Waals surface area contributed by atoms with Crippen LogP contribution in [0.15, 0.2) is 113 Å². The lowest BCUT2D eigenvalue weighted by atomic mass is 10.2. The summed E-state index contributed by atoms with van der Waals surface area (Å²) in [5.74, 6) is 0.679. The molecule has 0 atom stereocenters. The van der Waals surface area contributed by atoms with Crippen molar-refractivity contribution in [3.8, 4) is 11.5 Å². The predicted molar refractivity (Wildman–Crippen MR) is 156 cm³/mol. The lowest BCUT2D eigenvalue weighted by molar-refractivity contribution is -0.119. The Morgan fingerprint density at radius 2 is 1.48 bits per heavy atom. The first-order valence-electron chi connectivity index (χ1n) is 12.8. The van der Waals surface area contributed by atoms with Crippen LogP contribution in [0.1, 0.15) is 23.6 Å². The van der Waals surface area contributed by atoms with Crippen LogP contribution >= 0.6 is 0 Å². The highest BCUT2D eigenvalue weighted by Gasteiger charge is 2.27. The Hall–Kier alpha value is -4.63. The van der Waals surface area contributed by atoms with Gasteiger partial charge >= 0.3 is 0 Å². The van der Waals surface area contributed by atoms with Crippen LogP contribution in [-0.2, 0) is 21.4 Å². The summed E-state index contributed by atoms with van der Waals surface area (Å²) >= 11 is 0. The van der Waals surface area contributed by atoms with Crippen molar-refractivity contribution in [1.29, 1.82) is 0 Å². The van der Waals surface area contributed by atoms with E-state index in [9.17, 15) is 13.2 Å². The maximum Gasteiger partial charge on any atom is 0.264 e. The number of anilines is 1. The van der Waals surface area contributed by atoms with Crippen molar-refractivity contribution in [3.63, 3.8) is 0 Å². The number of hydrogen-bond acceptors (Lipinski definition) is 6. The van der Waals surface area contributed by atoms with Gasteiger partial charge < -0.3 is 9.47 Å². The number of nitrogens with one attached hydrogen (secondary N) is 1. The van der Waals surface area contributed by atoms with Gasteiger partial charge in [0.05, 0.1) is 23.4 Å². The molecule has 4 aromatic carbocycles. The number of rotatable bonds is 12. The molecular formula is C31H31N3O5S. The minimum absolute atomic E-state index is 0.0439. The van der Waals surface area contributed by atoms with E-state index >= 15 is 0 Å². The van der Waals surface area contributed by atoms with E-state index in [4.69, 9.17) is 9.47 Å². The summed E-state index contributed by atoms with van der Waals surface area (Å²) in [6.07, 6.45) is 1.48. The third-order valence-corrected chi connectivity index (χ3v) is 7.65. The van der Waals surface area contributed by atoms with Crippen LogP contribution in [0.5, 0.6) is 11.5 Å². The average molecular weight is 558 g/mol. The molecule has 0 bridgehead atoms. The Balaban J connectivity index is 1.41. The molecule has 0 saturated heterocycles. The zero-order chi connectivity index (χ0) is 28.4. The Morgan fingerprint density at radius 1 is 0.850 bits per heavy atom. The summed E-state index contributed by atoms with van der Waals surface area (Å²) in [6.45, 7) is 4.22. The zero-order valence-corrected chi connectivity index (χ0v) is 23.2. The number of hydrazone groups is 1. The van der Waals surface area contributed by atoms with Crippen molar-refractivity contribution < 1.29 is 22.7 Å². The van der Waals surface area contributed by atoms with Crippen LogP contribution in [0.2, 0.25) is 0 Å². The lowest BCUT2D eigenvalue weighted by Gasteiger charge is -2.24. The summed E-state index contributed by atoms with van der Waals surface area (Å²) in [6, 6.07) is 30.1. The molecule has 0 saturated carbocycles. The van der Waals surface area contributed by atoms with Crippen molar-refractivity contribution in [3.05, 3.63) is 120 Å². The van der Waals surface area contributed by atoms with E-state index in [1.807, 2.05) is 68.4 Å². The van der Waals surface area contributed by atoms with E-state index in [-0.39, 0.29) is 4.90 Å². The van der Waals surface area contributed by atoms with Gasteiger partial charge in [0, 0.05) is 0 Å². The number of carbonyl (C=O) groups is 1. The molecule has 8 nitrogen and oxygen atoms in total. The fourth-order valence-corrected chi connectivity index (χ4v) is 5.18. The Labute approximate surface area is 234 Å². The third kappa shape index (κ3) is 7.70. The van der Waals surface area contributed by atoms with Gasteiger partial charge in [-0.05, 0) is 85.6 Å². The van der Waals surface area contributed by atoms with Crippen LogP contribution in [0.25, 0.3) is 0 Å². The van der Waals surface area contributed by atoms with Crippen molar-refractivity contribution in [2.45, 2.75) is 25.3 Å². The van der Waals surface area contributed by atoms with Crippen molar-refractivity contribution in [2.75, 3.05) is 17.5 Å². The summed E-state index contributed by atoms with van der Waals surface area (Å²) < 4.78 is 39.4. The van der Waals surface area contributed by atoms with Gasteiger partial charge in [0.15, 0.2) is 0 Å². The minimum atomic E-state index is -4.05. The Morgan fingerprint density at radius 3 is 2.12 bits per heavy atom. The minimum Gasteiger partial charge on any atom is -0.494 e. The van der Waals surface area contributed by atoms with Crippen LogP contribution in [0.3, 0.4) is 0 Å². The summed E-state index contributed by atoms with van der Waals surface area (Å²) in [4.78, 5) is 12.8. The molecule has 1 amide bonds. The van der Waals surface area contributed by atoms with Crippen LogP contribution in [0, 0.1) is 6.92 Å². The first-order chi connectivity index (χ1) is 19.3. The molecule has 4 aromatic rings. The van der Waals surface area contributed by atoms with E-state index < -0.39 is 22.5 Å². The summed E-state index contributed by atoms with van der Waals surface area (Å²) in [5.41, 5.74) is 5.57. The molecule has 9 heteroatoms. The molecule has 0 spiro atoms. The Bertz CT molecular complexity index is 1520. The van der Waals surface area contributed by atoms with Gasteiger partial charge in [0.1, 0.15) is 24.7 Å². The van der Waals surface area contributed by atoms with Crippen LogP contribution in [-0.4, -0.2) is 33.7 Å². The van der Waals surface area contributed by atoms with E-state index in [1.165, 1.54) is 18.3 Å². The molecule has 40 heavy (non-hydrogen) atoms. The smallest absolute Gasteiger partial charge is 0.264 e. The number of hydrogen-bond donors (Lipinski definition) is 1. The lowest BCUT2D eigenvalue weighted by Crippen LogP contribution is -2.39. The number of ether oxygens (including phenoxy) is 2. The second-order valence-electron chi connectivity index (χ2n) is 8.89. The quantitative estimate of drug-likeness (QED) is 0.188. The second-order valence-corrected chi connectivity index (χ2v) is 10.8. The SMILES string of the molecule is CCOc1ccc(S(=O)(=O)N(CC(=O)N/N=C\c2ccc(OCc3ccccc3)cc2)c2ccc(C)cc2)cc1. The van der Waals surface area contributed by atoms with Gasteiger partial charge in [-0.15, -0.1) is 0 Å². The van der Waals surface area contributed by atoms with Gasteiger partial charge in [0.25, 0.3) is 15.9 Å². The highest BCUT2D eigenvalue weighted by molar-refractivity contribution is 7.92. The van der Waals surface area contributed by atoms with Crippen molar-refractivity contribution >= 4 is 27.8 Å². The number of nitrogens with zero attached hydrogens (tertiary/aromatic N) is 2. The first kappa shape index (κ1) is 28.4. The van der Waals surface area contributed by atoms with E-state index in [0.29, 0.717) is 30.4 Å². The predicted octanol–water partition coefficient (Wildman–Crippen LogP) is 5.32. The average Bonchev–Trinajstić information content (AvgIpc) is 2.97. The Kier molecular flexibility index (Phi) is 9.53. The second kappa shape index (κ2) is 13.4. The molecule has 4 rings (SSSR count). The normalized spacial score (nSPS) is 11.2. The summed E-state index contributed by atoms with van der Waals surface area (Å²) in [7, 11) is -4.05. The number of sulfonamides is 1. The number of aryl methyl sites for hydroxylation is 1. The maximum absolute atomic E-state index is 13.5. The monoisotopic (exact) mass is 557 g/mol. The van der Waals surface area contributed by atoms with Gasteiger partial charge in [-0.2, -0.15) is 5.10 Å². The largest absolute Gasteiger partial charge is 0.494 e. The highest BCUT2D eigenvalue weighted by atomic mass is 32.2. The fraction of sp³-hybridized carbons (Fsp3) is 0.161. The molecule has 0 aliphatic carbocycles. The van der Waals surface area contributed by atoms with E-state index in [2.05, 4.69) is 10.5 Å². The molecule has 0 aliphatic rings. The molecule has 1 N–H and O–H groups in total. The number of carbonyl (C=O) groups excluding carboxylic acids is 1. The number of benzene rings is 4. The molecule has 0 aromatic heterocycles. The maximum atomic E-state index is 13.5. The van der Waals surface area contributed by atoms with Crippen LogP contribution in [0.4, 0.5) is 5.69 Å². The van der Waals surface area contributed by atoms with Crippen molar-refractivity contribution in [2.24, 2.45) is 5.10 Å². The molecular weight excluding hydrogens is 526 g/mol.